The van der Waals surface area contributed by atoms with E-state index in [1.807, 2.05) is 0 Å². The van der Waals surface area contributed by atoms with E-state index in [0.29, 0.717) is 13.2 Å². The molecule has 1 heterocycles. The fraction of sp³-hybridized carbons (Fsp3) is 0.917. The van der Waals surface area contributed by atoms with Crippen LogP contribution in [0.25, 0.3) is 0 Å². The Balaban J connectivity index is 1.91. The first-order chi connectivity index (χ1) is 8.55. The molecule has 1 fully saturated rings. The summed E-state index contributed by atoms with van der Waals surface area (Å²) in [4.78, 5) is 3.94. The van der Waals surface area contributed by atoms with Crippen LogP contribution in [-0.2, 0) is 4.74 Å². The highest BCUT2D eigenvalue weighted by atomic mass is 19.4. The van der Waals surface area contributed by atoms with Gasteiger partial charge in [-0.1, -0.05) is 19.3 Å². The minimum atomic E-state index is -4.24. The molecule has 1 saturated carbocycles. The molecule has 0 radical (unpaired) electrons. The molecule has 1 N–H and O–H groups in total. The van der Waals surface area contributed by atoms with Crippen LogP contribution < -0.4 is 5.32 Å². The Bertz CT molecular complexity index is 298. The molecule has 18 heavy (non-hydrogen) atoms. The molecule has 0 bridgehead atoms. The second kappa shape index (κ2) is 5.91. The van der Waals surface area contributed by atoms with E-state index < -0.39 is 12.2 Å². The molecule has 6 heteroatoms. The first kappa shape index (κ1) is 13.6. The standard InChI is InChI=1S/C12H19F3N2O/c13-12(14,15)10(8-11-16-6-7-18-11)17-9-4-2-1-3-5-9/h9-10,17H,1-8H2. The van der Waals surface area contributed by atoms with Crippen LogP contribution in [0.5, 0.6) is 0 Å². The molecule has 1 atom stereocenters. The average Bonchev–Trinajstić information content (AvgIpc) is 2.81. The number of rotatable bonds is 4. The summed E-state index contributed by atoms with van der Waals surface area (Å²) in [6, 6.07) is -1.55. The van der Waals surface area contributed by atoms with Crippen LogP contribution in [0.15, 0.2) is 4.99 Å². The second-order valence-corrected chi connectivity index (χ2v) is 4.92. The molecule has 1 aliphatic carbocycles. The van der Waals surface area contributed by atoms with E-state index in [4.69, 9.17) is 4.74 Å². The SMILES string of the molecule is FC(F)(F)C(CC1=NCCO1)NC1CCCCC1. The first-order valence-electron chi connectivity index (χ1n) is 6.54. The lowest BCUT2D eigenvalue weighted by molar-refractivity contribution is -0.157. The minimum Gasteiger partial charge on any atom is -0.479 e. The number of ether oxygens (including phenoxy) is 1. The summed E-state index contributed by atoms with van der Waals surface area (Å²) in [5.41, 5.74) is 0. The molecule has 0 spiro atoms. The third-order valence-corrected chi connectivity index (χ3v) is 3.46. The third-order valence-electron chi connectivity index (χ3n) is 3.46. The summed E-state index contributed by atoms with van der Waals surface area (Å²) in [7, 11) is 0. The summed E-state index contributed by atoms with van der Waals surface area (Å²) in [6.07, 6.45) is 0.399. The van der Waals surface area contributed by atoms with Gasteiger partial charge in [0.05, 0.1) is 6.54 Å². The largest absolute Gasteiger partial charge is 0.479 e. The van der Waals surface area contributed by atoms with Gasteiger partial charge in [-0.15, -0.1) is 0 Å². The van der Waals surface area contributed by atoms with E-state index in [1.54, 1.807) is 0 Å². The van der Waals surface area contributed by atoms with Gasteiger partial charge in [0.25, 0.3) is 0 Å². The van der Waals surface area contributed by atoms with Crippen molar-refractivity contribution in [1.82, 2.24) is 5.32 Å². The molecule has 0 aromatic carbocycles. The molecule has 2 rings (SSSR count). The van der Waals surface area contributed by atoms with Crippen LogP contribution in [0.3, 0.4) is 0 Å². The molecule has 2 aliphatic rings. The van der Waals surface area contributed by atoms with Crippen LogP contribution in [0.2, 0.25) is 0 Å². The second-order valence-electron chi connectivity index (χ2n) is 4.92. The monoisotopic (exact) mass is 264 g/mol. The van der Waals surface area contributed by atoms with Gasteiger partial charge in [-0.2, -0.15) is 13.2 Å². The van der Waals surface area contributed by atoms with Gasteiger partial charge < -0.3 is 10.1 Å². The zero-order chi connectivity index (χ0) is 13.0. The smallest absolute Gasteiger partial charge is 0.404 e. The Morgan fingerprint density at radius 2 is 2.00 bits per heavy atom. The van der Waals surface area contributed by atoms with E-state index in [-0.39, 0.29) is 18.4 Å². The van der Waals surface area contributed by atoms with Crippen molar-refractivity contribution in [2.75, 3.05) is 13.2 Å². The van der Waals surface area contributed by atoms with Crippen LogP contribution in [0.1, 0.15) is 38.5 Å². The maximum absolute atomic E-state index is 13.0. The average molecular weight is 264 g/mol. The van der Waals surface area contributed by atoms with E-state index in [1.165, 1.54) is 0 Å². The molecule has 0 saturated heterocycles. The minimum absolute atomic E-state index is 0.0209. The fourth-order valence-electron chi connectivity index (χ4n) is 2.50. The Morgan fingerprint density at radius 1 is 1.28 bits per heavy atom. The highest BCUT2D eigenvalue weighted by molar-refractivity contribution is 5.78. The molecular formula is C12H19F3N2O. The molecule has 0 aromatic rings. The molecular weight excluding hydrogens is 245 g/mol. The number of hydrogen-bond acceptors (Lipinski definition) is 3. The van der Waals surface area contributed by atoms with Gasteiger partial charge in [-0.3, -0.25) is 4.99 Å². The van der Waals surface area contributed by atoms with Crippen molar-refractivity contribution < 1.29 is 17.9 Å². The summed E-state index contributed by atoms with van der Waals surface area (Å²) in [5, 5.41) is 2.74. The van der Waals surface area contributed by atoms with Crippen molar-refractivity contribution in [3.63, 3.8) is 0 Å². The predicted octanol–water partition coefficient (Wildman–Crippen LogP) is 2.66. The maximum atomic E-state index is 13.0. The third kappa shape index (κ3) is 3.86. The van der Waals surface area contributed by atoms with Crippen molar-refractivity contribution in [1.29, 1.82) is 0 Å². The van der Waals surface area contributed by atoms with Crippen LogP contribution in [0.4, 0.5) is 13.2 Å². The molecule has 1 unspecified atom stereocenters. The molecule has 3 nitrogen and oxygen atoms in total. The molecule has 104 valence electrons. The van der Waals surface area contributed by atoms with Gasteiger partial charge in [-0.05, 0) is 12.8 Å². The molecule has 0 amide bonds. The lowest BCUT2D eigenvalue weighted by atomic mass is 9.94. The highest BCUT2D eigenvalue weighted by Gasteiger charge is 2.42. The molecule has 0 aromatic heterocycles. The summed E-state index contributed by atoms with van der Waals surface area (Å²) in [5.74, 6) is 0.237. The first-order valence-corrected chi connectivity index (χ1v) is 6.54. The Labute approximate surface area is 105 Å². The summed E-state index contributed by atoms with van der Waals surface area (Å²) in [6.45, 7) is 0.882. The highest BCUT2D eigenvalue weighted by Crippen LogP contribution is 2.26. The van der Waals surface area contributed by atoms with Crippen LogP contribution in [0, 0.1) is 0 Å². The summed E-state index contributed by atoms with van der Waals surface area (Å²) < 4.78 is 43.9. The number of halogens is 3. The van der Waals surface area contributed by atoms with Crippen molar-refractivity contribution in [2.45, 2.75) is 56.8 Å². The van der Waals surface area contributed by atoms with Gasteiger partial charge >= 0.3 is 6.18 Å². The zero-order valence-electron chi connectivity index (χ0n) is 10.3. The maximum Gasteiger partial charge on any atom is 0.404 e. The Kier molecular flexibility index (Phi) is 4.48. The fourth-order valence-corrected chi connectivity index (χ4v) is 2.50. The lowest BCUT2D eigenvalue weighted by Gasteiger charge is -2.29. The molecule has 1 aliphatic heterocycles. The van der Waals surface area contributed by atoms with Crippen LogP contribution in [-0.4, -0.2) is 37.3 Å². The van der Waals surface area contributed by atoms with Gasteiger partial charge in [0, 0.05) is 12.5 Å². The van der Waals surface area contributed by atoms with E-state index in [9.17, 15) is 13.2 Å². The number of nitrogens with zero attached hydrogens (tertiary/aromatic N) is 1. The van der Waals surface area contributed by atoms with Crippen molar-refractivity contribution >= 4 is 5.90 Å². The number of nitrogens with one attached hydrogen (secondary N) is 1. The Hall–Kier alpha value is -0.780. The van der Waals surface area contributed by atoms with E-state index >= 15 is 0 Å². The van der Waals surface area contributed by atoms with Gasteiger partial charge in [0.15, 0.2) is 5.90 Å². The van der Waals surface area contributed by atoms with Gasteiger partial charge in [-0.25, -0.2) is 0 Å². The van der Waals surface area contributed by atoms with Crippen molar-refractivity contribution in [3.8, 4) is 0 Å². The number of alkyl halides is 3. The lowest BCUT2D eigenvalue weighted by Crippen LogP contribution is -2.49. The van der Waals surface area contributed by atoms with Gasteiger partial charge in [0.1, 0.15) is 12.6 Å². The van der Waals surface area contributed by atoms with E-state index in [2.05, 4.69) is 10.3 Å². The number of hydrogen-bond donors (Lipinski definition) is 1. The van der Waals surface area contributed by atoms with Crippen molar-refractivity contribution in [3.05, 3.63) is 0 Å². The van der Waals surface area contributed by atoms with E-state index in [0.717, 1.165) is 32.1 Å². The predicted molar refractivity (Wildman–Crippen MR) is 62.7 cm³/mol. The topological polar surface area (TPSA) is 33.6 Å². The quantitative estimate of drug-likeness (QED) is 0.847. The number of aliphatic imine (C=N–C) groups is 1. The zero-order valence-corrected chi connectivity index (χ0v) is 10.3. The Morgan fingerprint density at radius 3 is 2.56 bits per heavy atom. The van der Waals surface area contributed by atoms with Crippen molar-refractivity contribution in [2.24, 2.45) is 4.99 Å². The summed E-state index contributed by atoms with van der Waals surface area (Å²) >= 11 is 0. The van der Waals surface area contributed by atoms with Gasteiger partial charge in [0.2, 0.25) is 0 Å². The normalized spacial score (nSPS) is 23.6. The van der Waals surface area contributed by atoms with Crippen LogP contribution >= 0.6 is 0 Å².